The Hall–Kier alpha value is -2.61. The minimum atomic E-state index is 0.567. The van der Waals surface area contributed by atoms with Gasteiger partial charge >= 0.3 is 0 Å². The Labute approximate surface area is 227 Å². The maximum Gasteiger partial charge on any atom is 0.112 e. The number of ether oxygens (including phenoxy) is 1. The monoisotopic (exact) mass is 516 g/mol. The second-order valence-corrected chi connectivity index (χ2v) is 11.8. The van der Waals surface area contributed by atoms with E-state index in [9.17, 15) is 0 Å². The van der Waals surface area contributed by atoms with Gasteiger partial charge in [0.25, 0.3) is 0 Å². The molecular weight excluding hydrogens is 472 g/mol. The largest absolute Gasteiger partial charge is 0.378 e. The van der Waals surface area contributed by atoms with Gasteiger partial charge in [0.05, 0.1) is 30.5 Å². The standard InChI is InChI=1S/C31H44N6O/c1-22(2)35-13-15-36(16-14-35)28-7-5-25(6-8-28)26-17-29-31(33-23(3)34(29)4)30(18-26)37-11-9-24(10-12-37)19-32-27-20-38-21-27/h5-8,17-18,22,24,27,32H,9-16,19-21H2,1-4H3. The fourth-order valence-corrected chi connectivity index (χ4v) is 6.22. The van der Waals surface area contributed by atoms with Crippen molar-refractivity contribution in [1.29, 1.82) is 0 Å². The molecule has 1 N–H and O–H groups in total. The van der Waals surface area contributed by atoms with Crippen molar-refractivity contribution >= 4 is 22.4 Å². The number of imidazole rings is 1. The number of fused-ring (bicyclic) bond motifs is 1. The summed E-state index contributed by atoms with van der Waals surface area (Å²) < 4.78 is 7.55. The summed E-state index contributed by atoms with van der Waals surface area (Å²) >= 11 is 0. The van der Waals surface area contributed by atoms with Crippen LogP contribution in [0.2, 0.25) is 0 Å². The number of nitrogens with one attached hydrogen (secondary N) is 1. The average Bonchev–Trinajstić information content (AvgIpc) is 3.21. The fraction of sp³-hybridized carbons (Fsp3) is 0.581. The lowest BCUT2D eigenvalue weighted by atomic mass is 9.95. The summed E-state index contributed by atoms with van der Waals surface area (Å²) in [7, 11) is 2.14. The van der Waals surface area contributed by atoms with Gasteiger partial charge in [-0.25, -0.2) is 4.98 Å². The van der Waals surface area contributed by atoms with E-state index < -0.39 is 0 Å². The number of rotatable bonds is 7. The van der Waals surface area contributed by atoms with Crippen LogP contribution in [0.5, 0.6) is 0 Å². The second-order valence-electron chi connectivity index (χ2n) is 11.8. The van der Waals surface area contributed by atoms with Crippen molar-refractivity contribution in [3.05, 3.63) is 42.2 Å². The Morgan fingerprint density at radius 1 is 0.921 bits per heavy atom. The molecule has 0 atom stereocenters. The minimum absolute atomic E-state index is 0.567. The molecule has 204 valence electrons. The van der Waals surface area contributed by atoms with Crippen molar-refractivity contribution in [2.75, 3.05) is 68.8 Å². The first-order valence-electron chi connectivity index (χ1n) is 14.6. The van der Waals surface area contributed by atoms with Gasteiger partial charge in [0.15, 0.2) is 0 Å². The Balaban J connectivity index is 1.20. The van der Waals surface area contributed by atoms with E-state index in [2.05, 4.69) is 88.8 Å². The number of anilines is 2. The lowest BCUT2D eigenvalue weighted by Gasteiger charge is -2.38. The molecule has 4 heterocycles. The van der Waals surface area contributed by atoms with Crippen LogP contribution in [-0.4, -0.2) is 85.6 Å². The Bertz CT molecular complexity index is 1230. The zero-order chi connectivity index (χ0) is 26.2. The van der Waals surface area contributed by atoms with Crippen LogP contribution in [0.15, 0.2) is 36.4 Å². The maximum absolute atomic E-state index is 5.31. The highest BCUT2D eigenvalue weighted by atomic mass is 16.5. The quantitative estimate of drug-likeness (QED) is 0.506. The molecule has 0 spiro atoms. The van der Waals surface area contributed by atoms with Crippen molar-refractivity contribution in [3.63, 3.8) is 0 Å². The van der Waals surface area contributed by atoms with E-state index in [-0.39, 0.29) is 0 Å². The average molecular weight is 517 g/mol. The lowest BCUT2D eigenvalue weighted by molar-refractivity contribution is -0.00681. The van der Waals surface area contributed by atoms with E-state index in [1.54, 1.807) is 0 Å². The fourth-order valence-electron chi connectivity index (χ4n) is 6.22. The molecule has 0 bridgehead atoms. The number of piperidine rings is 1. The van der Waals surface area contributed by atoms with Gasteiger partial charge in [-0.3, -0.25) is 4.90 Å². The van der Waals surface area contributed by atoms with Crippen molar-refractivity contribution < 1.29 is 4.74 Å². The normalized spacial score (nSPS) is 20.0. The molecule has 1 aromatic heterocycles. The number of aromatic nitrogens is 2. The summed E-state index contributed by atoms with van der Waals surface area (Å²) in [6.07, 6.45) is 2.44. The molecule has 3 aliphatic heterocycles. The topological polar surface area (TPSA) is 48.8 Å². The first-order valence-corrected chi connectivity index (χ1v) is 14.6. The second kappa shape index (κ2) is 10.9. The third-order valence-corrected chi connectivity index (χ3v) is 9.09. The summed E-state index contributed by atoms with van der Waals surface area (Å²) in [4.78, 5) is 12.7. The van der Waals surface area contributed by atoms with E-state index >= 15 is 0 Å². The minimum Gasteiger partial charge on any atom is -0.378 e. The van der Waals surface area contributed by atoms with Gasteiger partial charge in [-0.2, -0.15) is 0 Å². The number of hydrogen-bond acceptors (Lipinski definition) is 6. The number of hydrogen-bond donors (Lipinski definition) is 1. The summed E-state index contributed by atoms with van der Waals surface area (Å²) in [5.74, 6) is 1.81. The molecule has 2 aromatic carbocycles. The van der Waals surface area contributed by atoms with E-state index in [1.807, 2.05) is 0 Å². The summed E-state index contributed by atoms with van der Waals surface area (Å²) in [5, 5.41) is 3.68. The van der Waals surface area contributed by atoms with Crippen LogP contribution in [0.1, 0.15) is 32.5 Å². The van der Waals surface area contributed by atoms with Crippen LogP contribution in [0.3, 0.4) is 0 Å². The summed E-state index contributed by atoms with van der Waals surface area (Å²) in [5.41, 5.74) is 7.53. The van der Waals surface area contributed by atoms with Gasteiger partial charge in [-0.05, 0) is 81.5 Å². The van der Waals surface area contributed by atoms with Crippen LogP contribution >= 0.6 is 0 Å². The van der Waals surface area contributed by atoms with Gasteiger partial charge in [0.1, 0.15) is 11.3 Å². The Kier molecular flexibility index (Phi) is 7.34. The van der Waals surface area contributed by atoms with Crippen molar-refractivity contribution in [2.45, 2.75) is 45.7 Å². The molecule has 7 nitrogen and oxygen atoms in total. The smallest absolute Gasteiger partial charge is 0.112 e. The zero-order valence-electron chi connectivity index (χ0n) is 23.6. The molecule has 0 saturated carbocycles. The SMILES string of the molecule is Cc1nc2c(N3CCC(CNC4COC4)CC3)cc(-c3ccc(N4CCN(C(C)C)CC4)cc3)cc2n1C. The summed E-state index contributed by atoms with van der Waals surface area (Å²) in [6.45, 7) is 16.2. The highest BCUT2D eigenvalue weighted by molar-refractivity contribution is 5.94. The van der Waals surface area contributed by atoms with Crippen LogP contribution in [0.25, 0.3) is 22.2 Å². The van der Waals surface area contributed by atoms with Crippen molar-refractivity contribution in [1.82, 2.24) is 19.8 Å². The van der Waals surface area contributed by atoms with E-state index in [4.69, 9.17) is 9.72 Å². The summed E-state index contributed by atoms with van der Waals surface area (Å²) in [6, 6.07) is 15.1. The van der Waals surface area contributed by atoms with E-state index in [1.165, 1.54) is 40.9 Å². The first-order chi connectivity index (χ1) is 18.5. The third-order valence-electron chi connectivity index (χ3n) is 9.09. The van der Waals surface area contributed by atoms with Crippen molar-refractivity contribution in [3.8, 4) is 11.1 Å². The van der Waals surface area contributed by atoms with Gasteiger partial charge in [-0.15, -0.1) is 0 Å². The molecular formula is C31H44N6O. The molecule has 0 aliphatic carbocycles. The Morgan fingerprint density at radius 3 is 2.26 bits per heavy atom. The molecule has 6 rings (SSSR count). The molecule has 38 heavy (non-hydrogen) atoms. The lowest BCUT2D eigenvalue weighted by Crippen LogP contribution is -2.48. The van der Waals surface area contributed by atoms with Crippen LogP contribution in [0, 0.1) is 12.8 Å². The van der Waals surface area contributed by atoms with Gasteiger partial charge < -0.3 is 24.4 Å². The Morgan fingerprint density at radius 2 is 1.63 bits per heavy atom. The van der Waals surface area contributed by atoms with Gasteiger partial charge in [-0.1, -0.05) is 12.1 Å². The molecule has 3 aromatic rings. The molecule has 3 fully saturated rings. The molecule has 0 amide bonds. The van der Waals surface area contributed by atoms with Crippen LogP contribution < -0.4 is 15.1 Å². The van der Waals surface area contributed by atoms with Crippen LogP contribution in [-0.2, 0) is 11.8 Å². The zero-order valence-corrected chi connectivity index (χ0v) is 23.6. The highest BCUT2D eigenvalue weighted by Gasteiger charge is 2.25. The number of nitrogens with zero attached hydrogens (tertiary/aromatic N) is 5. The molecule has 3 aliphatic rings. The molecule has 7 heteroatoms. The predicted molar refractivity (Wildman–Crippen MR) is 157 cm³/mol. The first kappa shape index (κ1) is 25.7. The van der Waals surface area contributed by atoms with Gasteiger partial charge in [0, 0.05) is 58.0 Å². The molecule has 0 radical (unpaired) electrons. The predicted octanol–water partition coefficient (Wildman–Crippen LogP) is 4.28. The number of aryl methyl sites for hydroxylation is 2. The number of benzene rings is 2. The van der Waals surface area contributed by atoms with Crippen molar-refractivity contribution in [2.24, 2.45) is 13.0 Å². The van der Waals surface area contributed by atoms with Gasteiger partial charge in [0.2, 0.25) is 0 Å². The number of piperazine rings is 1. The van der Waals surface area contributed by atoms with E-state index in [0.717, 1.165) is 76.3 Å². The van der Waals surface area contributed by atoms with Crippen LogP contribution in [0.4, 0.5) is 11.4 Å². The highest BCUT2D eigenvalue weighted by Crippen LogP contribution is 2.36. The molecule has 3 saturated heterocycles. The molecule has 0 unspecified atom stereocenters. The van der Waals surface area contributed by atoms with E-state index in [0.29, 0.717) is 12.1 Å². The maximum atomic E-state index is 5.31. The third kappa shape index (κ3) is 5.16.